The van der Waals surface area contributed by atoms with E-state index in [0.29, 0.717) is 29.2 Å². The van der Waals surface area contributed by atoms with E-state index in [4.69, 9.17) is 9.47 Å². The molecule has 0 bridgehead atoms. The monoisotopic (exact) mass is 367 g/mol. The third kappa shape index (κ3) is 5.53. The van der Waals surface area contributed by atoms with Gasteiger partial charge in [-0.25, -0.2) is 4.79 Å². The Morgan fingerprint density at radius 2 is 2.12 bits per heavy atom. The van der Waals surface area contributed by atoms with Crippen molar-refractivity contribution < 1.29 is 18.2 Å². The maximum atomic E-state index is 13.0. The van der Waals surface area contributed by atoms with Gasteiger partial charge in [0.15, 0.2) is 0 Å². The third-order valence-corrected chi connectivity index (χ3v) is 4.90. The molecule has 25 heavy (non-hydrogen) atoms. The molecular weight excluding hydrogens is 341 g/mol. The van der Waals surface area contributed by atoms with E-state index in [1.165, 1.54) is 12.8 Å². The molecule has 0 aliphatic heterocycles. The van der Waals surface area contributed by atoms with Crippen LogP contribution in [0.2, 0.25) is 0 Å². The number of halogens is 1. The van der Waals surface area contributed by atoms with Crippen molar-refractivity contribution >= 4 is 18.2 Å². The fraction of sp³-hybridized carbons (Fsp3) is 0.632. The Hall–Kier alpha value is -1.43. The van der Waals surface area contributed by atoms with Crippen molar-refractivity contribution in [2.24, 2.45) is 11.8 Å². The number of rotatable bonds is 7. The van der Waals surface area contributed by atoms with Crippen LogP contribution in [0.25, 0.3) is 0 Å². The molecule has 2 fully saturated rings. The van der Waals surface area contributed by atoms with Crippen LogP contribution in [0.5, 0.6) is 5.75 Å². The SMILES string of the molecule is CC(C)(C)OC(=O)NCC1CC1c1cc(SF)ccc1OCC1CC1. The lowest BCUT2D eigenvalue weighted by molar-refractivity contribution is 0.0525. The number of ether oxygens (including phenoxy) is 2. The zero-order valence-electron chi connectivity index (χ0n) is 15.0. The van der Waals surface area contributed by atoms with Gasteiger partial charge in [-0.3, -0.25) is 0 Å². The Bertz CT molecular complexity index is 628. The summed E-state index contributed by atoms with van der Waals surface area (Å²) in [6, 6.07) is 5.51. The second-order valence-electron chi connectivity index (χ2n) is 8.02. The van der Waals surface area contributed by atoms with E-state index in [9.17, 15) is 8.68 Å². The zero-order chi connectivity index (χ0) is 18.0. The van der Waals surface area contributed by atoms with E-state index >= 15 is 0 Å². The predicted molar refractivity (Wildman–Crippen MR) is 96.7 cm³/mol. The molecule has 0 radical (unpaired) electrons. The normalized spacial score (nSPS) is 22.4. The molecule has 0 spiro atoms. The maximum absolute atomic E-state index is 13.0. The predicted octanol–water partition coefficient (Wildman–Crippen LogP) is 5.08. The molecule has 1 N–H and O–H groups in total. The second-order valence-corrected chi connectivity index (χ2v) is 8.64. The van der Waals surface area contributed by atoms with Crippen LogP contribution < -0.4 is 10.1 Å². The summed E-state index contributed by atoms with van der Waals surface area (Å²) in [6.07, 6.45) is 3.05. The van der Waals surface area contributed by atoms with Gasteiger partial charge in [0.05, 0.1) is 18.8 Å². The van der Waals surface area contributed by atoms with Crippen LogP contribution in [0, 0.1) is 11.8 Å². The minimum Gasteiger partial charge on any atom is -0.493 e. The molecule has 0 heterocycles. The van der Waals surface area contributed by atoms with Gasteiger partial charge in [-0.15, -0.1) is 0 Å². The number of alkyl carbamates (subject to hydrolysis) is 1. The molecule has 2 saturated carbocycles. The van der Waals surface area contributed by atoms with Crippen LogP contribution in [-0.2, 0) is 4.74 Å². The average molecular weight is 367 g/mol. The first-order valence-electron chi connectivity index (χ1n) is 8.88. The standard InChI is InChI=1S/C19H26FNO3S/c1-19(2,3)24-18(22)21-10-13-8-15(13)16-9-14(25-20)6-7-17(16)23-11-12-4-5-12/h6-7,9,12-13,15H,4-5,8,10-11H2,1-3H3,(H,21,22). The maximum Gasteiger partial charge on any atom is 0.407 e. The van der Waals surface area contributed by atoms with Crippen LogP contribution >= 0.6 is 12.1 Å². The van der Waals surface area contributed by atoms with Gasteiger partial charge in [0.1, 0.15) is 11.4 Å². The molecule has 6 heteroatoms. The van der Waals surface area contributed by atoms with Crippen LogP contribution in [-0.4, -0.2) is 24.8 Å². The van der Waals surface area contributed by atoms with Gasteiger partial charge in [-0.1, -0.05) is 0 Å². The van der Waals surface area contributed by atoms with Gasteiger partial charge < -0.3 is 14.8 Å². The second kappa shape index (κ2) is 7.44. The molecule has 1 aromatic rings. The molecule has 2 unspecified atom stereocenters. The first kappa shape index (κ1) is 18.4. The summed E-state index contributed by atoms with van der Waals surface area (Å²) in [5, 5.41) is 2.83. The van der Waals surface area contributed by atoms with Gasteiger partial charge in [0.25, 0.3) is 0 Å². The lowest BCUT2D eigenvalue weighted by atomic mass is 10.1. The van der Waals surface area contributed by atoms with E-state index < -0.39 is 11.7 Å². The molecule has 4 nitrogen and oxygen atoms in total. The molecule has 0 aromatic heterocycles. The van der Waals surface area contributed by atoms with Crippen LogP contribution in [0.15, 0.2) is 23.1 Å². The first-order valence-corrected chi connectivity index (χ1v) is 9.59. The van der Waals surface area contributed by atoms with Crippen molar-refractivity contribution in [2.45, 2.75) is 56.4 Å². The number of carbonyl (C=O) groups excluding carboxylic acids is 1. The van der Waals surface area contributed by atoms with E-state index in [1.807, 2.05) is 32.9 Å². The van der Waals surface area contributed by atoms with E-state index in [0.717, 1.165) is 24.3 Å². The molecule has 3 rings (SSSR count). The van der Waals surface area contributed by atoms with Gasteiger partial charge in [-0.05, 0) is 81.5 Å². The molecule has 2 aliphatic rings. The number of nitrogens with one attached hydrogen (secondary N) is 1. The van der Waals surface area contributed by atoms with E-state index in [2.05, 4.69) is 5.32 Å². The summed E-state index contributed by atoms with van der Waals surface area (Å²) in [4.78, 5) is 12.4. The van der Waals surface area contributed by atoms with Crippen LogP contribution in [0.4, 0.5) is 8.68 Å². The molecule has 138 valence electrons. The van der Waals surface area contributed by atoms with Crippen molar-refractivity contribution in [1.82, 2.24) is 5.32 Å². The lowest BCUT2D eigenvalue weighted by Crippen LogP contribution is -2.33. The molecule has 2 atom stereocenters. The first-order chi connectivity index (χ1) is 11.9. The summed E-state index contributed by atoms with van der Waals surface area (Å²) in [6.45, 7) is 6.83. The van der Waals surface area contributed by atoms with Gasteiger partial charge in [0.2, 0.25) is 0 Å². The Balaban J connectivity index is 1.57. The highest BCUT2D eigenvalue weighted by molar-refractivity contribution is 7.94. The minimum atomic E-state index is -0.496. The Kier molecular flexibility index (Phi) is 5.46. The smallest absolute Gasteiger partial charge is 0.407 e. The third-order valence-electron chi connectivity index (χ3n) is 4.47. The average Bonchev–Trinajstić information content (AvgIpc) is 3.44. The van der Waals surface area contributed by atoms with Crippen molar-refractivity contribution in [3.63, 3.8) is 0 Å². The summed E-state index contributed by atoms with van der Waals surface area (Å²) in [7, 11) is 0. The van der Waals surface area contributed by atoms with Crippen molar-refractivity contribution in [3.8, 4) is 5.75 Å². The van der Waals surface area contributed by atoms with E-state index in [-0.39, 0.29) is 12.1 Å². The highest BCUT2D eigenvalue weighted by Crippen LogP contribution is 2.51. The summed E-state index contributed by atoms with van der Waals surface area (Å²) < 4.78 is 24.2. The van der Waals surface area contributed by atoms with Gasteiger partial charge >= 0.3 is 6.09 Å². The molecular formula is C19H26FNO3S. The van der Waals surface area contributed by atoms with Gasteiger partial charge in [0, 0.05) is 11.4 Å². The Morgan fingerprint density at radius 3 is 2.76 bits per heavy atom. The van der Waals surface area contributed by atoms with Crippen LogP contribution in [0.3, 0.4) is 0 Å². The molecule has 2 aliphatic carbocycles. The van der Waals surface area contributed by atoms with Gasteiger partial charge in [-0.2, -0.15) is 3.89 Å². The number of hydrogen-bond donors (Lipinski definition) is 1. The minimum absolute atomic E-state index is 0.254. The highest BCUT2D eigenvalue weighted by atomic mass is 32.2. The number of carbonyl (C=O) groups is 1. The highest BCUT2D eigenvalue weighted by Gasteiger charge is 2.40. The molecule has 1 amide bonds. The molecule has 0 saturated heterocycles. The number of amides is 1. The fourth-order valence-corrected chi connectivity index (χ4v) is 3.16. The summed E-state index contributed by atoms with van der Waals surface area (Å²) in [5.41, 5.74) is 0.558. The summed E-state index contributed by atoms with van der Waals surface area (Å²) >= 11 is 0.254. The topological polar surface area (TPSA) is 47.6 Å². The number of hydrogen-bond acceptors (Lipinski definition) is 4. The largest absolute Gasteiger partial charge is 0.493 e. The fourth-order valence-electron chi connectivity index (χ4n) is 2.87. The number of benzene rings is 1. The summed E-state index contributed by atoms with van der Waals surface area (Å²) in [5.74, 6) is 2.17. The Morgan fingerprint density at radius 1 is 1.36 bits per heavy atom. The van der Waals surface area contributed by atoms with Crippen molar-refractivity contribution in [2.75, 3.05) is 13.2 Å². The lowest BCUT2D eigenvalue weighted by Gasteiger charge is -2.19. The Labute approximate surface area is 153 Å². The van der Waals surface area contributed by atoms with Crippen LogP contribution in [0.1, 0.15) is 51.5 Å². The van der Waals surface area contributed by atoms with Crippen molar-refractivity contribution in [3.05, 3.63) is 23.8 Å². The molecule has 1 aromatic carbocycles. The quantitative estimate of drug-likeness (QED) is 0.730. The van der Waals surface area contributed by atoms with E-state index in [1.54, 1.807) is 6.07 Å². The van der Waals surface area contributed by atoms with Crippen molar-refractivity contribution in [1.29, 1.82) is 0 Å². The zero-order valence-corrected chi connectivity index (χ0v) is 15.8.